The molecule has 1 aliphatic rings. The van der Waals surface area contributed by atoms with Crippen molar-refractivity contribution >= 4 is 40.0 Å². The first kappa shape index (κ1) is 26.9. The zero-order chi connectivity index (χ0) is 21.7. The summed E-state index contributed by atoms with van der Waals surface area (Å²) in [5.74, 6) is 0.527. The van der Waals surface area contributed by atoms with Gasteiger partial charge in [-0.25, -0.2) is 8.42 Å². The van der Waals surface area contributed by atoms with Gasteiger partial charge < -0.3 is 15.5 Å². The third-order valence-electron chi connectivity index (χ3n) is 4.63. The van der Waals surface area contributed by atoms with Gasteiger partial charge in [0.2, 0.25) is 0 Å². The Kier molecular flexibility index (Phi) is 10.3. The topological polar surface area (TPSA) is 77.0 Å². The minimum absolute atomic E-state index is 0. The molecule has 172 valence electrons. The molecule has 1 aliphatic heterocycles. The van der Waals surface area contributed by atoms with Gasteiger partial charge in [-0.15, -0.1) is 24.0 Å². The number of sulfonamides is 1. The van der Waals surface area contributed by atoms with Gasteiger partial charge in [0, 0.05) is 39.3 Å². The van der Waals surface area contributed by atoms with Crippen LogP contribution in [0.25, 0.3) is 0 Å². The van der Waals surface area contributed by atoms with E-state index in [4.69, 9.17) is 0 Å². The van der Waals surface area contributed by atoms with Crippen LogP contribution in [-0.4, -0.2) is 69.4 Å². The fourth-order valence-electron chi connectivity index (χ4n) is 3.09. The van der Waals surface area contributed by atoms with E-state index in [0.717, 1.165) is 12.1 Å². The van der Waals surface area contributed by atoms with Crippen LogP contribution in [0.5, 0.6) is 0 Å². The zero-order valence-electron chi connectivity index (χ0n) is 17.2. The number of halogens is 4. The number of guanidine groups is 1. The Bertz CT molecular complexity index is 793. The van der Waals surface area contributed by atoms with Gasteiger partial charge in [-0.05, 0) is 38.1 Å². The van der Waals surface area contributed by atoms with Crippen molar-refractivity contribution in [2.75, 3.05) is 34.2 Å². The zero-order valence-corrected chi connectivity index (χ0v) is 20.4. The summed E-state index contributed by atoms with van der Waals surface area (Å²) < 4.78 is 61.4. The number of piperidine rings is 1. The highest BCUT2D eigenvalue weighted by Crippen LogP contribution is 2.28. The lowest BCUT2D eigenvalue weighted by molar-refractivity contribution is -0.0494. The number of benzene rings is 1. The van der Waals surface area contributed by atoms with Crippen molar-refractivity contribution in [3.63, 3.8) is 0 Å². The van der Waals surface area contributed by atoms with Crippen molar-refractivity contribution in [2.24, 2.45) is 4.99 Å². The Morgan fingerprint density at radius 1 is 1.17 bits per heavy atom. The van der Waals surface area contributed by atoms with Crippen LogP contribution >= 0.6 is 24.0 Å². The fraction of sp³-hybridized carbons (Fsp3) is 0.611. The Morgan fingerprint density at radius 2 is 1.70 bits per heavy atom. The smallest absolute Gasteiger partial charge is 0.354 e. The second-order valence-electron chi connectivity index (χ2n) is 7.25. The highest BCUT2D eigenvalue weighted by molar-refractivity contribution is 14.0. The normalized spacial score (nSPS) is 17.0. The number of alkyl halides is 3. The van der Waals surface area contributed by atoms with E-state index in [9.17, 15) is 21.6 Å². The van der Waals surface area contributed by atoms with Crippen molar-refractivity contribution in [2.45, 2.75) is 37.5 Å². The number of hydrogen-bond acceptors (Lipinski definition) is 4. The van der Waals surface area contributed by atoms with Crippen molar-refractivity contribution in [1.29, 1.82) is 0 Å². The number of nitrogens with zero attached hydrogens (tertiary/aromatic N) is 3. The Morgan fingerprint density at radius 3 is 2.17 bits per heavy atom. The van der Waals surface area contributed by atoms with E-state index in [2.05, 4.69) is 32.7 Å². The van der Waals surface area contributed by atoms with E-state index in [1.807, 2.05) is 26.2 Å². The average molecular weight is 563 g/mol. The van der Waals surface area contributed by atoms with Crippen LogP contribution in [0.1, 0.15) is 24.0 Å². The first-order valence-corrected chi connectivity index (χ1v) is 10.7. The van der Waals surface area contributed by atoms with Crippen LogP contribution in [0.3, 0.4) is 0 Å². The summed E-state index contributed by atoms with van der Waals surface area (Å²) in [6, 6.07) is 8.02. The second kappa shape index (κ2) is 11.5. The second-order valence-corrected chi connectivity index (χ2v) is 9.18. The van der Waals surface area contributed by atoms with Gasteiger partial charge in [0.1, 0.15) is 0 Å². The highest BCUT2D eigenvalue weighted by Gasteiger charge is 2.50. The Hall–Kier alpha value is -1.12. The van der Waals surface area contributed by atoms with Gasteiger partial charge in [0.15, 0.2) is 5.96 Å². The number of aliphatic imine (C=N–C) groups is 1. The molecule has 0 radical (unpaired) electrons. The predicted molar refractivity (Wildman–Crippen MR) is 122 cm³/mol. The molecule has 0 saturated carbocycles. The molecule has 0 aromatic heterocycles. The summed E-state index contributed by atoms with van der Waals surface area (Å²) in [6.07, 6.45) is 0.546. The van der Waals surface area contributed by atoms with Crippen LogP contribution in [-0.2, 0) is 23.1 Å². The molecule has 30 heavy (non-hydrogen) atoms. The molecule has 1 aromatic carbocycles. The Labute approximate surface area is 193 Å². The minimum Gasteiger partial charge on any atom is -0.354 e. The number of rotatable bonds is 6. The van der Waals surface area contributed by atoms with Gasteiger partial charge in [-0.2, -0.15) is 17.5 Å². The first-order valence-electron chi connectivity index (χ1n) is 9.29. The number of nitrogens with one attached hydrogen (secondary N) is 2. The lowest BCUT2D eigenvalue weighted by Gasteiger charge is -2.32. The van der Waals surface area contributed by atoms with Crippen LogP contribution < -0.4 is 10.6 Å². The maximum absolute atomic E-state index is 12.7. The molecule has 0 amide bonds. The summed E-state index contributed by atoms with van der Waals surface area (Å²) in [5, 5.41) is 6.33. The third-order valence-corrected chi connectivity index (χ3v) is 6.26. The molecule has 1 heterocycles. The van der Waals surface area contributed by atoms with Gasteiger partial charge in [-0.1, -0.05) is 24.3 Å². The molecule has 2 rings (SSSR count). The molecule has 0 unspecified atom stereocenters. The van der Waals surface area contributed by atoms with E-state index in [-0.39, 0.29) is 55.9 Å². The Balaban J connectivity index is 0.00000450. The van der Waals surface area contributed by atoms with Crippen molar-refractivity contribution < 1.29 is 21.6 Å². The standard InChI is InChI=1S/C18H28F3N5O2S.HI/c1-22-17(23-12-14-4-6-15(7-5-14)13-25(2)3)24-16-8-10-26(11-9-16)29(27,28)18(19,20)21;/h4-7,16H,8-13H2,1-3H3,(H2,22,23,24);1H. The SMILES string of the molecule is CN=C(NCc1ccc(CN(C)C)cc1)NC1CCN(S(=O)(=O)C(F)(F)F)CC1.I. The lowest BCUT2D eigenvalue weighted by atomic mass is 10.1. The minimum atomic E-state index is -5.26. The van der Waals surface area contributed by atoms with E-state index in [1.54, 1.807) is 7.05 Å². The predicted octanol–water partition coefficient (Wildman–Crippen LogP) is 2.35. The van der Waals surface area contributed by atoms with E-state index in [0.29, 0.717) is 16.8 Å². The van der Waals surface area contributed by atoms with Crippen LogP contribution in [0.2, 0.25) is 0 Å². The van der Waals surface area contributed by atoms with Crippen molar-refractivity contribution in [3.8, 4) is 0 Å². The summed E-state index contributed by atoms with van der Waals surface area (Å²) >= 11 is 0. The van der Waals surface area contributed by atoms with Crippen LogP contribution in [0, 0.1) is 0 Å². The molecule has 2 N–H and O–H groups in total. The molecule has 0 atom stereocenters. The summed E-state index contributed by atoms with van der Waals surface area (Å²) in [7, 11) is 0.368. The summed E-state index contributed by atoms with van der Waals surface area (Å²) in [5.41, 5.74) is -2.98. The highest BCUT2D eigenvalue weighted by atomic mass is 127. The van der Waals surface area contributed by atoms with Crippen molar-refractivity contribution in [3.05, 3.63) is 35.4 Å². The molecule has 1 fully saturated rings. The van der Waals surface area contributed by atoms with Gasteiger partial charge in [0.05, 0.1) is 0 Å². The maximum atomic E-state index is 12.7. The average Bonchev–Trinajstić information content (AvgIpc) is 2.65. The molecular formula is C18H29F3IN5O2S. The molecule has 1 aromatic rings. The summed E-state index contributed by atoms with van der Waals surface area (Å²) in [6.45, 7) is 1.05. The van der Waals surface area contributed by atoms with Crippen LogP contribution in [0.4, 0.5) is 13.2 Å². The van der Waals surface area contributed by atoms with Gasteiger partial charge in [-0.3, -0.25) is 4.99 Å². The third kappa shape index (κ3) is 7.54. The van der Waals surface area contributed by atoms with Crippen molar-refractivity contribution in [1.82, 2.24) is 19.8 Å². The van der Waals surface area contributed by atoms with E-state index in [1.165, 1.54) is 5.56 Å². The summed E-state index contributed by atoms with van der Waals surface area (Å²) in [4.78, 5) is 6.22. The molecule has 0 spiro atoms. The fourth-order valence-corrected chi connectivity index (χ4v) is 4.07. The maximum Gasteiger partial charge on any atom is 0.511 e. The van der Waals surface area contributed by atoms with Gasteiger partial charge in [0.25, 0.3) is 0 Å². The van der Waals surface area contributed by atoms with Crippen LogP contribution in [0.15, 0.2) is 29.3 Å². The van der Waals surface area contributed by atoms with E-state index < -0.39 is 15.5 Å². The monoisotopic (exact) mass is 563 g/mol. The quantitative estimate of drug-likeness (QED) is 0.316. The first-order chi connectivity index (χ1) is 13.5. The number of hydrogen-bond donors (Lipinski definition) is 2. The molecular weight excluding hydrogens is 534 g/mol. The molecule has 0 bridgehead atoms. The lowest BCUT2D eigenvalue weighted by Crippen LogP contribution is -2.51. The molecule has 12 heteroatoms. The van der Waals surface area contributed by atoms with Gasteiger partial charge >= 0.3 is 15.5 Å². The van der Waals surface area contributed by atoms with E-state index >= 15 is 0 Å². The molecule has 0 aliphatic carbocycles. The largest absolute Gasteiger partial charge is 0.511 e. The molecule has 1 saturated heterocycles. The molecule has 7 nitrogen and oxygen atoms in total.